The van der Waals surface area contributed by atoms with Gasteiger partial charge in [0.2, 0.25) is 0 Å². The van der Waals surface area contributed by atoms with Crippen molar-refractivity contribution in [2.24, 2.45) is 5.41 Å². The lowest BCUT2D eigenvalue weighted by molar-refractivity contribution is 0.137. The monoisotopic (exact) mass is 647 g/mol. The summed E-state index contributed by atoms with van der Waals surface area (Å²) in [6.07, 6.45) is 0.940. The van der Waals surface area contributed by atoms with Crippen molar-refractivity contribution in [3.05, 3.63) is 88.5 Å². The van der Waals surface area contributed by atoms with Gasteiger partial charge < -0.3 is 15.4 Å². The summed E-state index contributed by atoms with van der Waals surface area (Å²) in [6, 6.07) is 18.3. The lowest BCUT2D eigenvalue weighted by Gasteiger charge is -2.18. The molecule has 4 aromatic rings. The van der Waals surface area contributed by atoms with Crippen LogP contribution in [-0.4, -0.2) is 43.2 Å². The molecule has 3 aromatic carbocycles. The van der Waals surface area contributed by atoms with Crippen molar-refractivity contribution in [1.29, 1.82) is 0 Å². The minimum absolute atomic E-state index is 0.0623. The number of amides is 3. The topological polar surface area (TPSA) is 148 Å². The second kappa shape index (κ2) is 14.6. The highest BCUT2D eigenvalue weighted by Crippen LogP contribution is 2.28. The second-order valence-corrected chi connectivity index (χ2v) is 13.8. The predicted octanol–water partition coefficient (Wildman–Crippen LogP) is 6.06. The van der Waals surface area contributed by atoms with E-state index in [9.17, 15) is 22.8 Å². The van der Waals surface area contributed by atoms with Gasteiger partial charge in [-0.1, -0.05) is 70.2 Å². The van der Waals surface area contributed by atoms with Crippen molar-refractivity contribution < 1.29 is 22.7 Å². The molecule has 0 radical (unpaired) electrons. The van der Waals surface area contributed by atoms with Crippen molar-refractivity contribution >= 4 is 38.7 Å². The smallest absolute Gasteiger partial charge is 0.421 e. The molecule has 11 nitrogen and oxygen atoms in total. The summed E-state index contributed by atoms with van der Waals surface area (Å²) in [4.78, 5) is 42.7. The first kappa shape index (κ1) is 34.2. The standard InChI is InChI=1S/C34H41N5O6S/c1-6-10-30-37-28-18-17-25(36-32(41)35-7-2)21-27(28)31(40)39(30)22-23-13-15-24(16-14-23)26-11-8-9-12-29(26)46(43,44)38-33(42)45-20-19-34(3,4)5/h8-9,11-18,21H,6-7,10,19-20,22H2,1-5H3,(H,38,42)(H2,35,36,41). The van der Waals surface area contributed by atoms with Gasteiger partial charge in [-0.3, -0.25) is 9.36 Å². The van der Waals surface area contributed by atoms with Gasteiger partial charge in [0, 0.05) is 24.2 Å². The van der Waals surface area contributed by atoms with Gasteiger partial charge in [0.05, 0.1) is 29.0 Å². The minimum Gasteiger partial charge on any atom is -0.449 e. The number of fused-ring (bicyclic) bond motifs is 1. The number of rotatable bonds is 11. The first-order valence-electron chi connectivity index (χ1n) is 15.3. The van der Waals surface area contributed by atoms with Crippen LogP contribution in [0.3, 0.4) is 0 Å². The minimum atomic E-state index is -4.22. The van der Waals surface area contributed by atoms with Gasteiger partial charge >= 0.3 is 12.1 Å². The molecule has 0 spiro atoms. The molecule has 12 heteroatoms. The average molecular weight is 648 g/mol. The van der Waals surface area contributed by atoms with Gasteiger partial charge in [-0.2, -0.15) is 0 Å². The molecule has 0 bridgehead atoms. The molecule has 0 atom stereocenters. The quantitative estimate of drug-likeness (QED) is 0.179. The SMILES string of the molecule is CCCc1nc2ccc(NC(=O)NCC)cc2c(=O)n1Cc1ccc(-c2ccccc2S(=O)(=O)NC(=O)OCCC(C)(C)C)cc1. The van der Waals surface area contributed by atoms with Crippen LogP contribution < -0.4 is 20.9 Å². The van der Waals surface area contributed by atoms with Gasteiger partial charge in [-0.15, -0.1) is 0 Å². The molecule has 0 saturated heterocycles. The first-order valence-corrected chi connectivity index (χ1v) is 16.8. The summed E-state index contributed by atoms with van der Waals surface area (Å²) in [5.74, 6) is 0.644. The highest BCUT2D eigenvalue weighted by molar-refractivity contribution is 7.90. The lowest BCUT2D eigenvalue weighted by atomic mass is 9.93. The lowest BCUT2D eigenvalue weighted by Crippen LogP contribution is -2.32. The van der Waals surface area contributed by atoms with E-state index in [0.717, 1.165) is 12.0 Å². The van der Waals surface area contributed by atoms with E-state index in [-0.39, 0.29) is 35.1 Å². The van der Waals surface area contributed by atoms with E-state index >= 15 is 0 Å². The number of benzene rings is 3. The molecule has 0 aliphatic carbocycles. The van der Waals surface area contributed by atoms with Gasteiger partial charge in [0.1, 0.15) is 5.82 Å². The number of aromatic nitrogens is 2. The third kappa shape index (κ3) is 8.72. The Morgan fingerprint density at radius 2 is 1.70 bits per heavy atom. The third-order valence-electron chi connectivity index (χ3n) is 7.19. The Labute approximate surface area is 269 Å². The van der Waals surface area contributed by atoms with Crippen molar-refractivity contribution in [1.82, 2.24) is 19.6 Å². The summed E-state index contributed by atoms with van der Waals surface area (Å²) in [5.41, 5.74) is 2.57. The molecule has 3 N–H and O–H groups in total. The number of hydrogen-bond acceptors (Lipinski definition) is 7. The fourth-order valence-electron chi connectivity index (χ4n) is 4.81. The maximum Gasteiger partial charge on any atom is 0.421 e. The van der Waals surface area contributed by atoms with Crippen LogP contribution in [0.4, 0.5) is 15.3 Å². The zero-order chi connectivity index (χ0) is 33.5. The van der Waals surface area contributed by atoms with Crippen LogP contribution >= 0.6 is 0 Å². The molecule has 0 aliphatic heterocycles. The number of hydrogen-bond donors (Lipinski definition) is 3. The Kier molecular flexibility index (Phi) is 10.8. The molecule has 0 fully saturated rings. The molecule has 1 aromatic heterocycles. The van der Waals surface area contributed by atoms with Crippen LogP contribution in [-0.2, 0) is 27.7 Å². The molecule has 4 rings (SSSR count). The molecule has 3 amide bonds. The largest absolute Gasteiger partial charge is 0.449 e. The Hall–Kier alpha value is -4.71. The maximum atomic E-state index is 13.7. The molecular formula is C34H41N5O6S. The molecule has 0 unspecified atom stereocenters. The number of nitrogens with one attached hydrogen (secondary N) is 3. The number of aryl methyl sites for hydroxylation is 1. The third-order valence-corrected chi connectivity index (χ3v) is 8.56. The van der Waals surface area contributed by atoms with Gasteiger partial charge in [0.25, 0.3) is 15.6 Å². The highest BCUT2D eigenvalue weighted by atomic mass is 32.2. The highest BCUT2D eigenvalue weighted by Gasteiger charge is 2.23. The number of carbonyl (C=O) groups is 2. The first-order chi connectivity index (χ1) is 21.8. The number of anilines is 1. The van der Waals surface area contributed by atoms with Crippen molar-refractivity contribution in [2.45, 2.75) is 65.3 Å². The Morgan fingerprint density at radius 1 is 0.978 bits per heavy atom. The van der Waals surface area contributed by atoms with E-state index in [4.69, 9.17) is 9.72 Å². The summed E-state index contributed by atoms with van der Waals surface area (Å²) >= 11 is 0. The fraction of sp³-hybridized carbons (Fsp3) is 0.353. The van der Waals surface area contributed by atoms with Gasteiger partial charge in [-0.05, 0) is 60.6 Å². The predicted molar refractivity (Wildman–Crippen MR) is 179 cm³/mol. The van der Waals surface area contributed by atoms with Crippen LogP contribution in [0.25, 0.3) is 22.0 Å². The van der Waals surface area contributed by atoms with Crippen molar-refractivity contribution in [3.8, 4) is 11.1 Å². The Bertz CT molecular complexity index is 1880. The van der Waals surface area contributed by atoms with E-state index in [1.807, 2.05) is 51.5 Å². The average Bonchev–Trinajstić information content (AvgIpc) is 2.99. The summed E-state index contributed by atoms with van der Waals surface area (Å²) in [6.45, 7) is 10.6. The Balaban J connectivity index is 1.59. The van der Waals surface area contributed by atoms with E-state index < -0.39 is 16.1 Å². The summed E-state index contributed by atoms with van der Waals surface area (Å²) in [7, 11) is -4.22. The number of urea groups is 1. The fourth-order valence-corrected chi connectivity index (χ4v) is 5.94. The molecule has 0 saturated carbocycles. The van der Waals surface area contributed by atoms with E-state index in [1.54, 1.807) is 53.1 Å². The van der Waals surface area contributed by atoms with Gasteiger partial charge in [0.15, 0.2) is 0 Å². The van der Waals surface area contributed by atoms with Crippen molar-refractivity contribution in [3.63, 3.8) is 0 Å². The molecule has 244 valence electrons. The van der Waals surface area contributed by atoms with Crippen LogP contribution in [0, 0.1) is 5.41 Å². The van der Waals surface area contributed by atoms with Crippen LogP contribution in [0.5, 0.6) is 0 Å². The van der Waals surface area contributed by atoms with Crippen LogP contribution in [0.15, 0.2) is 76.4 Å². The normalized spacial score (nSPS) is 11.7. The van der Waals surface area contributed by atoms with Gasteiger partial charge in [-0.25, -0.2) is 27.7 Å². The molecule has 1 heterocycles. The van der Waals surface area contributed by atoms with E-state index in [1.165, 1.54) is 6.07 Å². The van der Waals surface area contributed by atoms with E-state index in [0.29, 0.717) is 52.9 Å². The van der Waals surface area contributed by atoms with E-state index in [2.05, 4.69) is 10.6 Å². The molecular weight excluding hydrogens is 606 g/mol. The molecule has 0 aliphatic rings. The molecule has 46 heavy (non-hydrogen) atoms. The summed E-state index contributed by atoms with van der Waals surface area (Å²) < 4.78 is 35.1. The zero-order valence-corrected chi connectivity index (χ0v) is 27.7. The van der Waals surface area contributed by atoms with Crippen LogP contribution in [0.2, 0.25) is 0 Å². The van der Waals surface area contributed by atoms with Crippen LogP contribution in [0.1, 0.15) is 58.8 Å². The number of nitrogens with zero attached hydrogens (tertiary/aromatic N) is 2. The maximum absolute atomic E-state index is 13.7. The van der Waals surface area contributed by atoms with Crippen molar-refractivity contribution in [2.75, 3.05) is 18.5 Å². The number of carbonyl (C=O) groups excluding carboxylic acids is 2. The number of sulfonamides is 1. The zero-order valence-electron chi connectivity index (χ0n) is 26.8. The number of ether oxygens (including phenoxy) is 1. The summed E-state index contributed by atoms with van der Waals surface area (Å²) in [5, 5.41) is 5.79. The second-order valence-electron chi connectivity index (χ2n) is 12.1. The Morgan fingerprint density at radius 3 is 2.37 bits per heavy atom.